The van der Waals surface area contributed by atoms with Crippen molar-refractivity contribution in [3.63, 3.8) is 0 Å². The van der Waals surface area contributed by atoms with E-state index in [1.165, 1.54) is 11.1 Å². The van der Waals surface area contributed by atoms with Crippen LogP contribution in [0.2, 0.25) is 0 Å². The molecule has 6 nitrogen and oxygen atoms in total. The van der Waals surface area contributed by atoms with Crippen LogP contribution in [0.5, 0.6) is 0 Å². The second-order valence-electron chi connectivity index (χ2n) is 5.07. The van der Waals surface area contributed by atoms with Gasteiger partial charge in [-0.05, 0) is 17.5 Å². The lowest BCUT2D eigenvalue weighted by molar-refractivity contribution is 0.377. The normalized spacial score (nSPS) is 14.9. The number of rotatable bonds is 3. The van der Waals surface area contributed by atoms with Gasteiger partial charge in [-0.15, -0.1) is 0 Å². The van der Waals surface area contributed by atoms with Gasteiger partial charge in [-0.2, -0.15) is 5.10 Å². The van der Waals surface area contributed by atoms with Gasteiger partial charge in [0.25, 0.3) is 0 Å². The monoisotopic (exact) mass is 284 g/mol. The summed E-state index contributed by atoms with van der Waals surface area (Å²) in [7, 11) is 1.83. The maximum absolute atomic E-state index is 4.39. The highest BCUT2D eigenvalue weighted by Crippen LogP contribution is 2.18. The van der Waals surface area contributed by atoms with Gasteiger partial charge in [0.05, 0.1) is 6.54 Å². The molecule has 0 aliphatic carbocycles. The summed E-state index contributed by atoms with van der Waals surface area (Å²) in [4.78, 5) is 10.6. The Kier molecular flexibility index (Phi) is 4.14. The molecule has 1 aromatic carbocycles. The van der Waals surface area contributed by atoms with Crippen molar-refractivity contribution >= 4 is 5.96 Å². The first-order chi connectivity index (χ1) is 10.4. The van der Waals surface area contributed by atoms with Gasteiger partial charge in [0.2, 0.25) is 0 Å². The summed E-state index contributed by atoms with van der Waals surface area (Å²) in [5, 5.41) is 7.49. The van der Waals surface area contributed by atoms with Crippen molar-refractivity contribution in [2.45, 2.75) is 19.5 Å². The molecule has 1 aliphatic heterocycles. The van der Waals surface area contributed by atoms with Crippen LogP contribution in [0.3, 0.4) is 0 Å². The molecule has 6 heteroatoms. The standard InChI is InChI=1S/C15H20N6/c1-16-15(18-7-9-21-12-17-11-19-21)20-8-6-13-4-2-3-5-14(13)10-20/h2-5,11-12H,6-10H2,1H3,(H,16,18). The summed E-state index contributed by atoms with van der Waals surface area (Å²) in [5.74, 6) is 0.949. The maximum atomic E-state index is 4.39. The topological polar surface area (TPSA) is 58.3 Å². The average Bonchev–Trinajstić information content (AvgIpc) is 3.04. The van der Waals surface area contributed by atoms with E-state index in [0.29, 0.717) is 0 Å². The zero-order chi connectivity index (χ0) is 14.5. The van der Waals surface area contributed by atoms with Crippen molar-refractivity contribution in [2.75, 3.05) is 20.1 Å². The molecule has 0 saturated carbocycles. The summed E-state index contributed by atoms with van der Waals surface area (Å²) in [6.07, 6.45) is 4.35. The minimum atomic E-state index is 0.781. The zero-order valence-corrected chi connectivity index (χ0v) is 12.2. The molecule has 0 saturated heterocycles. The number of aliphatic imine (C=N–C) groups is 1. The fourth-order valence-electron chi connectivity index (χ4n) is 2.64. The molecule has 0 bridgehead atoms. The Hall–Kier alpha value is -2.37. The molecule has 1 aliphatic rings. The van der Waals surface area contributed by atoms with Crippen LogP contribution in [0.15, 0.2) is 41.9 Å². The summed E-state index contributed by atoms with van der Waals surface area (Å²) in [6, 6.07) is 8.63. The number of nitrogens with zero attached hydrogens (tertiary/aromatic N) is 5. The predicted octanol–water partition coefficient (Wildman–Crippen LogP) is 0.912. The fraction of sp³-hybridized carbons (Fsp3) is 0.400. The van der Waals surface area contributed by atoms with Gasteiger partial charge in [-0.25, -0.2) is 4.98 Å². The summed E-state index contributed by atoms with van der Waals surface area (Å²) in [6.45, 7) is 3.48. The van der Waals surface area contributed by atoms with Crippen molar-refractivity contribution in [3.8, 4) is 0 Å². The lowest BCUT2D eigenvalue weighted by Crippen LogP contribution is -2.44. The van der Waals surface area contributed by atoms with E-state index in [-0.39, 0.29) is 0 Å². The van der Waals surface area contributed by atoms with Gasteiger partial charge < -0.3 is 10.2 Å². The van der Waals surface area contributed by atoms with Crippen molar-refractivity contribution in [1.29, 1.82) is 0 Å². The highest BCUT2D eigenvalue weighted by Gasteiger charge is 2.18. The van der Waals surface area contributed by atoms with Crippen LogP contribution >= 0.6 is 0 Å². The molecular weight excluding hydrogens is 264 g/mol. The van der Waals surface area contributed by atoms with Crippen LogP contribution in [-0.4, -0.2) is 45.8 Å². The molecule has 0 spiro atoms. The number of guanidine groups is 1. The number of fused-ring (bicyclic) bond motifs is 1. The molecule has 3 rings (SSSR count). The van der Waals surface area contributed by atoms with Gasteiger partial charge in [-0.1, -0.05) is 24.3 Å². The van der Waals surface area contributed by atoms with Gasteiger partial charge in [0, 0.05) is 26.7 Å². The van der Waals surface area contributed by atoms with E-state index < -0.39 is 0 Å². The Morgan fingerprint density at radius 1 is 1.33 bits per heavy atom. The van der Waals surface area contributed by atoms with E-state index in [9.17, 15) is 0 Å². The van der Waals surface area contributed by atoms with Crippen LogP contribution in [0.25, 0.3) is 0 Å². The Morgan fingerprint density at radius 2 is 2.19 bits per heavy atom. The molecule has 0 radical (unpaired) electrons. The third-order valence-electron chi connectivity index (χ3n) is 3.73. The van der Waals surface area contributed by atoms with E-state index in [0.717, 1.165) is 38.6 Å². The molecular formula is C15H20N6. The third-order valence-corrected chi connectivity index (χ3v) is 3.73. The lowest BCUT2D eigenvalue weighted by Gasteiger charge is -2.31. The number of hydrogen-bond donors (Lipinski definition) is 1. The van der Waals surface area contributed by atoms with Crippen LogP contribution < -0.4 is 5.32 Å². The summed E-state index contributed by atoms with van der Waals surface area (Å²) >= 11 is 0. The van der Waals surface area contributed by atoms with E-state index in [1.54, 1.807) is 12.7 Å². The average molecular weight is 284 g/mol. The Morgan fingerprint density at radius 3 is 2.95 bits per heavy atom. The molecule has 21 heavy (non-hydrogen) atoms. The van der Waals surface area contributed by atoms with Crippen LogP contribution in [0.4, 0.5) is 0 Å². The second kappa shape index (κ2) is 6.39. The number of benzene rings is 1. The van der Waals surface area contributed by atoms with E-state index in [2.05, 4.69) is 49.6 Å². The van der Waals surface area contributed by atoms with Crippen LogP contribution in [0, 0.1) is 0 Å². The largest absolute Gasteiger partial charge is 0.354 e. The van der Waals surface area contributed by atoms with Crippen LogP contribution in [0.1, 0.15) is 11.1 Å². The van der Waals surface area contributed by atoms with Crippen molar-refractivity contribution in [1.82, 2.24) is 25.0 Å². The van der Waals surface area contributed by atoms with E-state index in [4.69, 9.17) is 0 Å². The smallest absolute Gasteiger partial charge is 0.194 e. The Balaban J connectivity index is 1.57. The maximum Gasteiger partial charge on any atom is 0.194 e. The molecule has 110 valence electrons. The SMILES string of the molecule is CN=C(NCCn1cncn1)N1CCc2ccccc2C1. The molecule has 0 unspecified atom stereocenters. The first-order valence-electron chi connectivity index (χ1n) is 7.21. The lowest BCUT2D eigenvalue weighted by atomic mass is 10.0. The molecule has 0 fully saturated rings. The van der Waals surface area contributed by atoms with Gasteiger partial charge in [0.1, 0.15) is 12.7 Å². The number of nitrogens with one attached hydrogen (secondary N) is 1. The Labute approximate surface area is 124 Å². The summed E-state index contributed by atoms with van der Waals surface area (Å²) in [5.41, 5.74) is 2.84. The minimum Gasteiger partial charge on any atom is -0.354 e. The van der Waals surface area contributed by atoms with Crippen molar-refractivity contribution < 1.29 is 0 Å². The predicted molar refractivity (Wildman–Crippen MR) is 81.9 cm³/mol. The number of aromatic nitrogens is 3. The molecule has 1 N–H and O–H groups in total. The van der Waals surface area contributed by atoms with Crippen molar-refractivity contribution in [2.24, 2.45) is 4.99 Å². The fourth-order valence-corrected chi connectivity index (χ4v) is 2.64. The van der Waals surface area contributed by atoms with Gasteiger partial charge in [0.15, 0.2) is 5.96 Å². The van der Waals surface area contributed by atoms with E-state index in [1.807, 2.05) is 11.7 Å². The molecule has 0 atom stereocenters. The van der Waals surface area contributed by atoms with Gasteiger partial charge in [-0.3, -0.25) is 9.67 Å². The van der Waals surface area contributed by atoms with Crippen LogP contribution in [-0.2, 0) is 19.5 Å². The second-order valence-corrected chi connectivity index (χ2v) is 5.07. The molecule has 0 amide bonds. The number of hydrogen-bond acceptors (Lipinski definition) is 3. The minimum absolute atomic E-state index is 0.781. The quantitative estimate of drug-likeness (QED) is 0.672. The molecule has 1 aromatic heterocycles. The summed E-state index contributed by atoms with van der Waals surface area (Å²) < 4.78 is 1.81. The zero-order valence-electron chi connectivity index (χ0n) is 12.2. The van der Waals surface area contributed by atoms with Gasteiger partial charge >= 0.3 is 0 Å². The molecule has 2 heterocycles. The third kappa shape index (κ3) is 3.21. The first-order valence-corrected chi connectivity index (χ1v) is 7.21. The highest BCUT2D eigenvalue weighted by atomic mass is 15.3. The molecule has 2 aromatic rings. The van der Waals surface area contributed by atoms with E-state index >= 15 is 0 Å². The first kappa shape index (κ1) is 13.6. The highest BCUT2D eigenvalue weighted by molar-refractivity contribution is 5.80. The van der Waals surface area contributed by atoms with Crippen molar-refractivity contribution in [3.05, 3.63) is 48.0 Å². The Bertz CT molecular complexity index is 604.